The molecule has 0 bridgehead atoms. The Balaban J connectivity index is 1.26. The summed E-state index contributed by atoms with van der Waals surface area (Å²) in [6.07, 6.45) is 11.8. The first-order chi connectivity index (χ1) is 25.3. The second kappa shape index (κ2) is 14.5. The van der Waals surface area contributed by atoms with Gasteiger partial charge in [0.05, 0.1) is 0 Å². The van der Waals surface area contributed by atoms with Crippen LogP contribution in [0.15, 0.2) is 188 Å². The van der Waals surface area contributed by atoms with Crippen molar-refractivity contribution in [1.82, 2.24) is 5.09 Å². The van der Waals surface area contributed by atoms with E-state index in [4.69, 9.17) is 0 Å². The summed E-state index contributed by atoms with van der Waals surface area (Å²) in [4.78, 5) is 0. The minimum absolute atomic E-state index is 0.128. The monoisotopic (exact) mass is 693 g/mol. The summed E-state index contributed by atoms with van der Waals surface area (Å²) >= 11 is 0. The van der Waals surface area contributed by atoms with Crippen LogP contribution in [0.4, 0.5) is 0 Å². The van der Waals surface area contributed by atoms with Crippen molar-refractivity contribution in [3.05, 3.63) is 204 Å². The Hall–Kier alpha value is -4.64. The van der Waals surface area contributed by atoms with E-state index in [9.17, 15) is 0 Å². The number of hydrogen-bond donors (Lipinski definition) is 1. The topological polar surface area (TPSA) is 12.0 Å². The van der Waals surface area contributed by atoms with Gasteiger partial charge in [0.25, 0.3) is 0 Å². The van der Waals surface area contributed by atoms with E-state index in [0.717, 1.165) is 25.2 Å². The third kappa shape index (κ3) is 6.41. The predicted octanol–water partition coefficient (Wildman–Crippen LogP) is 12.2. The first kappa shape index (κ1) is 32.3. The summed E-state index contributed by atoms with van der Waals surface area (Å²) in [5, 5.41) is 12.5. The van der Waals surface area contributed by atoms with Gasteiger partial charge in [-0.05, 0) is 90.7 Å². The predicted molar refractivity (Wildman–Crippen MR) is 223 cm³/mol. The molecule has 51 heavy (non-hydrogen) atoms. The lowest BCUT2D eigenvalue weighted by molar-refractivity contribution is 0.670. The molecule has 2 atom stereocenters. The van der Waals surface area contributed by atoms with Gasteiger partial charge in [0.15, 0.2) is 0 Å². The zero-order valence-electron chi connectivity index (χ0n) is 28.7. The molecule has 0 aromatic heterocycles. The van der Waals surface area contributed by atoms with Crippen molar-refractivity contribution >= 4 is 48.1 Å². The minimum Gasteiger partial charge on any atom is -0.280 e. The van der Waals surface area contributed by atoms with Crippen molar-refractivity contribution < 1.29 is 0 Å². The molecule has 0 fully saturated rings. The summed E-state index contributed by atoms with van der Waals surface area (Å²) in [5.41, 5.74) is 9.03. The first-order valence-electron chi connectivity index (χ1n) is 18.2. The molecule has 9 rings (SSSR count). The molecule has 1 N–H and O–H groups in total. The number of benzene rings is 7. The van der Waals surface area contributed by atoms with Crippen LogP contribution in [-0.2, 0) is 12.3 Å². The van der Waals surface area contributed by atoms with Crippen LogP contribution < -0.4 is 15.7 Å². The minimum atomic E-state index is -0.838. The van der Waals surface area contributed by atoms with Crippen LogP contribution in [0, 0.1) is 0 Å². The molecule has 0 saturated carbocycles. The smallest absolute Gasteiger partial charge is 0.0469 e. The lowest BCUT2D eigenvalue weighted by atomic mass is 9.88. The van der Waals surface area contributed by atoms with E-state index >= 15 is 0 Å². The van der Waals surface area contributed by atoms with E-state index in [1.807, 2.05) is 0 Å². The third-order valence-corrected chi connectivity index (χ3v) is 15.6. The SMILES string of the molecule is C1=CC([C@@H]([C@@H](NP(c2ccccc2)c2ccccc2)c2ccccc2)P2Cc3ccc4ccccc4c3-c3c(ccc4ccccc34)C2)=CCC1. The standard InChI is InChI=1S/C48H41NP2/c1-5-19-37(20-6-1)47(49-51(41-23-9-3-10-24-41)42-25-11-4-12-26-42)48(38-21-7-2-8-22-38)50-33-39-31-29-35-17-13-15-27-43(35)45(39)46-40(34-50)32-30-36-18-14-16-28-44(36)46/h1,3-7,9-32,47-49H,2,8,33-34H2/t47-,48-/m0/s1. The van der Waals surface area contributed by atoms with Crippen molar-refractivity contribution in [2.24, 2.45) is 0 Å². The van der Waals surface area contributed by atoms with Crippen molar-refractivity contribution in [2.75, 3.05) is 0 Å². The molecule has 0 saturated heterocycles. The molecule has 1 heterocycles. The molecule has 248 valence electrons. The highest BCUT2D eigenvalue weighted by atomic mass is 31.1. The van der Waals surface area contributed by atoms with Gasteiger partial charge in [0.1, 0.15) is 0 Å². The fourth-order valence-corrected chi connectivity index (χ4v) is 13.6. The molecule has 1 aliphatic carbocycles. The maximum absolute atomic E-state index is 4.43. The number of nitrogens with one attached hydrogen (secondary N) is 1. The third-order valence-electron chi connectivity index (χ3n) is 10.6. The maximum atomic E-state index is 4.43. The van der Waals surface area contributed by atoms with Crippen molar-refractivity contribution in [3.63, 3.8) is 0 Å². The van der Waals surface area contributed by atoms with Gasteiger partial charge >= 0.3 is 0 Å². The van der Waals surface area contributed by atoms with Crippen LogP contribution in [0.5, 0.6) is 0 Å². The number of fused-ring (bicyclic) bond motifs is 7. The van der Waals surface area contributed by atoms with Crippen LogP contribution in [0.25, 0.3) is 32.7 Å². The van der Waals surface area contributed by atoms with E-state index in [1.54, 1.807) is 0 Å². The van der Waals surface area contributed by atoms with Crippen molar-refractivity contribution in [2.45, 2.75) is 36.9 Å². The van der Waals surface area contributed by atoms with Crippen LogP contribution in [-0.4, -0.2) is 5.66 Å². The summed E-state index contributed by atoms with van der Waals surface area (Å²) < 4.78 is 0. The van der Waals surface area contributed by atoms with E-state index in [1.165, 1.54) is 65.5 Å². The molecular formula is C48H41NP2. The molecule has 1 nitrogen and oxygen atoms in total. The molecule has 2 aliphatic rings. The number of allylic oxidation sites excluding steroid dienone is 3. The van der Waals surface area contributed by atoms with E-state index < -0.39 is 16.0 Å². The van der Waals surface area contributed by atoms with Gasteiger partial charge in [0.2, 0.25) is 0 Å². The highest BCUT2D eigenvalue weighted by Gasteiger charge is 2.37. The van der Waals surface area contributed by atoms with Crippen LogP contribution in [0.1, 0.15) is 35.6 Å². The van der Waals surface area contributed by atoms with E-state index in [2.05, 4.69) is 187 Å². The van der Waals surface area contributed by atoms with Crippen LogP contribution in [0.2, 0.25) is 0 Å². The molecule has 0 spiro atoms. The highest BCUT2D eigenvalue weighted by molar-refractivity contribution is 7.71. The number of hydrogen-bond acceptors (Lipinski definition) is 1. The largest absolute Gasteiger partial charge is 0.280 e. The number of rotatable bonds is 8. The van der Waals surface area contributed by atoms with Crippen LogP contribution in [0.3, 0.4) is 0 Å². The average Bonchev–Trinajstić information content (AvgIpc) is 3.38. The van der Waals surface area contributed by atoms with Gasteiger partial charge in [0, 0.05) is 19.8 Å². The Morgan fingerprint density at radius 1 is 0.510 bits per heavy atom. The van der Waals surface area contributed by atoms with Gasteiger partial charge in [-0.25, -0.2) is 0 Å². The Bertz CT molecular complexity index is 2240. The molecule has 0 radical (unpaired) electrons. The van der Waals surface area contributed by atoms with Gasteiger partial charge in [-0.3, -0.25) is 5.09 Å². The average molecular weight is 694 g/mol. The molecule has 1 aliphatic heterocycles. The Morgan fingerprint density at radius 2 is 1.02 bits per heavy atom. The second-order valence-electron chi connectivity index (χ2n) is 13.7. The summed E-state index contributed by atoms with van der Waals surface area (Å²) in [6, 6.07) is 61.4. The highest BCUT2D eigenvalue weighted by Crippen LogP contribution is 2.60. The zero-order chi connectivity index (χ0) is 34.0. The maximum Gasteiger partial charge on any atom is 0.0469 e. The van der Waals surface area contributed by atoms with Crippen molar-refractivity contribution in [3.8, 4) is 11.1 Å². The summed E-state index contributed by atoms with van der Waals surface area (Å²) in [7, 11) is -1.41. The fraction of sp³-hybridized carbons (Fsp3) is 0.125. The molecule has 0 unspecified atom stereocenters. The molecule has 3 heteroatoms. The molecular weight excluding hydrogens is 652 g/mol. The second-order valence-corrected chi connectivity index (χ2v) is 18.0. The van der Waals surface area contributed by atoms with Gasteiger partial charge in [-0.1, -0.05) is 190 Å². The lowest BCUT2D eigenvalue weighted by Crippen LogP contribution is -2.34. The fourth-order valence-electron chi connectivity index (χ4n) is 8.22. The molecule has 7 aromatic rings. The van der Waals surface area contributed by atoms with Gasteiger partial charge in [-0.2, -0.15) is 0 Å². The quantitative estimate of drug-likeness (QED) is 0.156. The zero-order valence-corrected chi connectivity index (χ0v) is 30.5. The Labute approximate surface area is 304 Å². The Morgan fingerprint density at radius 3 is 1.55 bits per heavy atom. The first-order valence-corrected chi connectivity index (χ1v) is 21.3. The van der Waals surface area contributed by atoms with E-state index in [-0.39, 0.29) is 6.04 Å². The normalized spacial score (nSPS) is 15.6. The van der Waals surface area contributed by atoms with Crippen molar-refractivity contribution in [1.29, 1.82) is 0 Å². The summed E-state index contributed by atoms with van der Waals surface area (Å²) in [6.45, 7) is 0. The van der Waals surface area contributed by atoms with E-state index in [0.29, 0.717) is 5.66 Å². The Kier molecular flexibility index (Phi) is 9.20. The lowest BCUT2D eigenvalue weighted by Gasteiger charge is -2.39. The van der Waals surface area contributed by atoms with Gasteiger partial charge in [-0.15, -0.1) is 0 Å². The van der Waals surface area contributed by atoms with Crippen LogP contribution >= 0.6 is 16.0 Å². The molecule has 7 aromatic carbocycles. The van der Waals surface area contributed by atoms with Gasteiger partial charge < -0.3 is 0 Å². The summed E-state index contributed by atoms with van der Waals surface area (Å²) in [5.74, 6) is 0. The molecule has 0 amide bonds.